The van der Waals surface area contributed by atoms with Crippen molar-refractivity contribution in [2.75, 3.05) is 7.11 Å². The van der Waals surface area contributed by atoms with Crippen LogP contribution in [-0.4, -0.2) is 23.2 Å². The first-order chi connectivity index (χ1) is 13.6. The molecule has 1 aliphatic heterocycles. The molecule has 140 valence electrons. The zero-order valence-corrected chi connectivity index (χ0v) is 16.4. The third kappa shape index (κ3) is 3.92. The molecule has 0 saturated heterocycles. The maximum atomic E-state index is 12.3. The van der Waals surface area contributed by atoms with Crippen LogP contribution in [0.5, 0.6) is 5.75 Å². The molecule has 4 rings (SSSR count). The number of thioether (sulfide) groups is 1. The van der Waals surface area contributed by atoms with Gasteiger partial charge in [0, 0.05) is 11.6 Å². The van der Waals surface area contributed by atoms with Crippen LogP contribution in [0.4, 0.5) is 0 Å². The SMILES string of the molecule is COc1cccc([C@H](C)NC2=NC(=O)/C(=C/c3ccc4ncccc4c3)S2)c1. The van der Waals surface area contributed by atoms with Gasteiger partial charge in [0.1, 0.15) is 5.75 Å². The Hall–Kier alpha value is -3.12. The molecule has 6 heteroatoms. The van der Waals surface area contributed by atoms with Crippen LogP contribution in [0, 0.1) is 0 Å². The third-order valence-electron chi connectivity index (χ3n) is 4.48. The molecule has 28 heavy (non-hydrogen) atoms. The summed E-state index contributed by atoms with van der Waals surface area (Å²) in [6, 6.07) is 17.7. The Kier molecular flexibility index (Phi) is 5.12. The molecule has 5 nitrogen and oxygen atoms in total. The molecule has 0 fully saturated rings. The molecule has 0 saturated carbocycles. The predicted octanol–water partition coefficient (Wildman–Crippen LogP) is 4.56. The largest absolute Gasteiger partial charge is 0.497 e. The molecule has 0 unspecified atom stereocenters. The molecule has 2 heterocycles. The van der Waals surface area contributed by atoms with E-state index in [-0.39, 0.29) is 11.9 Å². The van der Waals surface area contributed by atoms with Gasteiger partial charge in [-0.05, 0) is 66.2 Å². The Balaban J connectivity index is 1.49. The number of aliphatic imine (C=N–C) groups is 1. The molecule has 1 aliphatic rings. The average molecular weight is 389 g/mol. The number of hydrogen-bond donors (Lipinski definition) is 1. The Morgan fingerprint density at radius 3 is 2.89 bits per heavy atom. The predicted molar refractivity (Wildman–Crippen MR) is 114 cm³/mol. The molecular formula is C22H19N3O2S. The number of fused-ring (bicyclic) bond motifs is 1. The van der Waals surface area contributed by atoms with Crippen LogP contribution in [0.2, 0.25) is 0 Å². The molecule has 0 aliphatic carbocycles. The van der Waals surface area contributed by atoms with Crippen molar-refractivity contribution < 1.29 is 9.53 Å². The van der Waals surface area contributed by atoms with Gasteiger partial charge >= 0.3 is 0 Å². The molecule has 0 bridgehead atoms. The van der Waals surface area contributed by atoms with Crippen molar-refractivity contribution in [1.29, 1.82) is 0 Å². The summed E-state index contributed by atoms with van der Waals surface area (Å²) in [7, 11) is 1.65. The lowest BCUT2D eigenvalue weighted by molar-refractivity contribution is -0.113. The lowest BCUT2D eigenvalue weighted by atomic mass is 10.1. The molecule has 1 N–H and O–H groups in total. The van der Waals surface area contributed by atoms with E-state index in [9.17, 15) is 4.79 Å². The summed E-state index contributed by atoms with van der Waals surface area (Å²) < 4.78 is 5.28. The van der Waals surface area contributed by atoms with E-state index in [2.05, 4.69) is 15.3 Å². The van der Waals surface area contributed by atoms with Gasteiger partial charge < -0.3 is 10.1 Å². The number of ether oxygens (including phenoxy) is 1. The summed E-state index contributed by atoms with van der Waals surface area (Å²) in [6.07, 6.45) is 3.64. The number of amides is 1. The Bertz CT molecular complexity index is 1110. The van der Waals surface area contributed by atoms with Crippen LogP contribution in [0.15, 0.2) is 70.7 Å². The van der Waals surface area contributed by atoms with E-state index in [0.29, 0.717) is 10.1 Å². The fourth-order valence-electron chi connectivity index (χ4n) is 2.99. The van der Waals surface area contributed by atoms with Crippen molar-refractivity contribution >= 4 is 39.8 Å². The van der Waals surface area contributed by atoms with Crippen LogP contribution in [-0.2, 0) is 4.79 Å². The monoisotopic (exact) mass is 389 g/mol. The second-order valence-corrected chi connectivity index (χ2v) is 7.46. The molecule has 2 aromatic carbocycles. The Morgan fingerprint density at radius 1 is 1.14 bits per heavy atom. The van der Waals surface area contributed by atoms with Crippen LogP contribution < -0.4 is 10.1 Å². The van der Waals surface area contributed by atoms with E-state index in [1.807, 2.05) is 67.6 Å². The van der Waals surface area contributed by atoms with Gasteiger partial charge in [0.2, 0.25) is 0 Å². The van der Waals surface area contributed by atoms with Crippen LogP contribution in [0.3, 0.4) is 0 Å². The zero-order valence-electron chi connectivity index (χ0n) is 15.5. The highest BCUT2D eigenvalue weighted by molar-refractivity contribution is 8.18. The first-order valence-corrected chi connectivity index (χ1v) is 9.72. The van der Waals surface area contributed by atoms with Gasteiger partial charge in [-0.25, -0.2) is 0 Å². The van der Waals surface area contributed by atoms with Gasteiger partial charge in [-0.15, -0.1) is 0 Å². The minimum absolute atomic E-state index is 0.000225. The number of carbonyl (C=O) groups excluding carboxylic acids is 1. The molecule has 0 radical (unpaired) electrons. The van der Waals surface area contributed by atoms with Gasteiger partial charge in [0.05, 0.1) is 23.6 Å². The lowest BCUT2D eigenvalue weighted by Crippen LogP contribution is -2.22. The summed E-state index contributed by atoms with van der Waals surface area (Å²) in [5.41, 5.74) is 2.95. The first-order valence-electron chi connectivity index (χ1n) is 8.90. The maximum Gasteiger partial charge on any atom is 0.286 e. The zero-order chi connectivity index (χ0) is 19.5. The van der Waals surface area contributed by atoms with E-state index in [0.717, 1.165) is 27.8 Å². The number of methoxy groups -OCH3 is 1. The Morgan fingerprint density at radius 2 is 2.04 bits per heavy atom. The summed E-state index contributed by atoms with van der Waals surface area (Å²) in [6.45, 7) is 2.03. The molecule has 1 amide bonds. The summed E-state index contributed by atoms with van der Waals surface area (Å²) >= 11 is 1.36. The highest BCUT2D eigenvalue weighted by Gasteiger charge is 2.23. The number of aromatic nitrogens is 1. The number of nitrogens with zero attached hydrogens (tertiary/aromatic N) is 2. The van der Waals surface area contributed by atoms with Gasteiger partial charge in [0.15, 0.2) is 5.17 Å². The highest BCUT2D eigenvalue weighted by Crippen LogP contribution is 2.30. The lowest BCUT2D eigenvalue weighted by Gasteiger charge is -2.15. The van der Waals surface area contributed by atoms with Crippen molar-refractivity contribution in [3.63, 3.8) is 0 Å². The standard InChI is InChI=1S/C22H19N3O2S/c1-14(16-5-3-7-18(13-16)27-2)24-22-25-21(26)20(28-22)12-15-8-9-19-17(11-15)6-4-10-23-19/h3-14H,1-2H3,(H,24,25,26)/b20-12-/t14-/m0/s1. The van der Waals surface area contributed by atoms with E-state index in [1.165, 1.54) is 11.8 Å². The van der Waals surface area contributed by atoms with Gasteiger partial charge in [-0.2, -0.15) is 4.99 Å². The molecule has 1 aromatic heterocycles. The number of benzene rings is 2. The van der Waals surface area contributed by atoms with E-state index >= 15 is 0 Å². The number of amidine groups is 1. The minimum atomic E-state index is -0.225. The van der Waals surface area contributed by atoms with Crippen molar-refractivity contribution in [2.24, 2.45) is 4.99 Å². The summed E-state index contributed by atoms with van der Waals surface area (Å²) in [5.74, 6) is 0.575. The highest BCUT2D eigenvalue weighted by atomic mass is 32.2. The second-order valence-electron chi connectivity index (χ2n) is 6.43. The van der Waals surface area contributed by atoms with Crippen molar-refractivity contribution in [3.05, 3.63) is 76.8 Å². The molecule has 3 aromatic rings. The van der Waals surface area contributed by atoms with Crippen molar-refractivity contribution in [2.45, 2.75) is 13.0 Å². The topological polar surface area (TPSA) is 63.6 Å². The van der Waals surface area contributed by atoms with Crippen molar-refractivity contribution in [1.82, 2.24) is 10.3 Å². The molecular weight excluding hydrogens is 370 g/mol. The number of pyridine rings is 1. The number of hydrogen-bond acceptors (Lipinski definition) is 5. The number of carbonyl (C=O) groups is 1. The summed E-state index contributed by atoms with van der Waals surface area (Å²) in [4.78, 5) is 21.4. The van der Waals surface area contributed by atoms with Crippen LogP contribution in [0.1, 0.15) is 24.1 Å². The quantitative estimate of drug-likeness (QED) is 0.663. The van der Waals surface area contributed by atoms with E-state index in [1.54, 1.807) is 13.3 Å². The number of rotatable bonds is 4. The third-order valence-corrected chi connectivity index (χ3v) is 5.39. The second kappa shape index (κ2) is 7.86. The van der Waals surface area contributed by atoms with E-state index < -0.39 is 0 Å². The van der Waals surface area contributed by atoms with Gasteiger partial charge in [-0.3, -0.25) is 9.78 Å². The van der Waals surface area contributed by atoms with Crippen LogP contribution >= 0.6 is 11.8 Å². The minimum Gasteiger partial charge on any atom is -0.497 e. The molecule has 1 atom stereocenters. The van der Waals surface area contributed by atoms with Crippen molar-refractivity contribution in [3.8, 4) is 5.75 Å². The smallest absolute Gasteiger partial charge is 0.286 e. The average Bonchev–Trinajstić information content (AvgIpc) is 3.06. The summed E-state index contributed by atoms with van der Waals surface area (Å²) in [5, 5.41) is 4.95. The fourth-order valence-corrected chi connectivity index (χ4v) is 3.89. The first kappa shape index (κ1) is 18.3. The maximum absolute atomic E-state index is 12.3. The fraction of sp³-hybridized carbons (Fsp3) is 0.136. The molecule has 0 spiro atoms. The van der Waals surface area contributed by atoms with Crippen LogP contribution in [0.25, 0.3) is 17.0 Å². The van der Waals surface area contributed by atoms with Gasteiger partial charge in [0.25, 0.3) is 5.91 Å². The normalized spacial score (nSPS) is 16.3. The van der Waals surface area contributed by atoms with Gasteiger partial charge in [-0.1, -0.05) is 24.3 Å². The Labute approximate surface area is 167 Å². The number of nitrogens with one attached hydrogen (secondary N) is 1. The van der Waals surface area contributed by atoms with E-state index in [4.69, 9.17) is 4.74 Å².